The second kappa shape index (κ2) is 9.70. The summed E-state index contributed by atoms with van der Waals surface area (Å²) < 4.78 is 9.74. The zero-order valence-electron chi connectivity index (χ0n) is 20.4. The minimum Gasteiger partial charge on any atom is -0.465 e. The maximum atomic E-state index is 12.0. The summed E-state index contributed by atoms with van der Waals surface area (Å²) in [4.78, 5) is 31.3. The van der Waals surface area contributed by atoms with E-state index < -0.39 is 0 Å². The third-order valence-corrected chi connectivity index (χ3v) is 7.53. The van der Waals surface area contributed by atoms with Crippen LogP contribution in [0.25, 0.3) is 0 Å². The molecule has 2 aromatic carbocycles. The quantitative estimate of drug-likeness (QED) is 0.628. The van der Waals surface area contributed by atoms with Crippen molar-refractivity contribution < 1.29 is 24.2 Å². The molecule has 8 heteroatoms. The topological polar surface area (TPSA) is 82.5 Å². The third-order valence-electron chi connectivity index (χ3n) is 7.53. The first-order chi connectivity index (χ1) is 16.9. The highest BCUT2D eigenvalue weighted by Crippen LogP contribution is 2.40. The molecule has 3 saturated heterocycles. The lowest BCUT2D eigenvalue weighted by molar-refractivity contribution is -0.118. The Hall–Kier alpha value is -2.78. The van der Waals surface area contributed by atoms with Gasteiger partial charge in [-0.15, -0.1) is 0 Å². The van der Waals surface area contributed by atoms with Gasteiger partial charge in [0.1, 0.15) is 0 Å². The first-order valence-electron chi connectivity index (χ1n) is 12.1. The number of rotatable bonds is 6. The summed E-state index contributed by atoms with van der Waals surface area (Å²) in [6.07, 6.45) is 0.506. The first kappa shape index (κ1) is 23.9. The van der Waals surface area contributed by atoms with Crippen molar-refractivity contribution in [1.29, 1.82) is 0 Å². The van der Waals surface area contributed by atoms with E-state index in [4.69, 9.17) is 9.47 Å². The van der Waals surface area contributed by atoms with E-state index in [1.165, 1.54) is 14.2 Å². The smallest absolute Gasteiger partial charge is 0.337 e. The fourth-order valence-corrected chi connectivity index (χ4v) is 6.16. The number of hydrogen-bond donors (Lipinski definition) is 1. The Bertz CT molecular complexity index is 1100. The van der Waals surface area contributed by atoms with Crippen LogP contribution in [-0.4, -0.2) is 96.4 Å². The van der Waals surface area contributed by atoms with Crippen molar-refractivity contribution in [3.63, 3.8) is 0 Å². The number of aliphatic hydroxyl groups excluding tert-OH is 1. The number of carbonyl (C=O) groups excluding carboxylic acids is 2. The largest absolute Gasteiger partial charge is 0.465 e. The van der Waals surface area contributed by atoms with Gasteiger partial charge in [-0.3, -0.25) is 14.7 Å². The molecule has 0 unspecified atom stereocenters. The molecule has 8 nitrogen and oxygen atoms in total. The zero-order chi connectivity index (χ0) is 24.6. The standard InChI is InChI=1S/C27H33N3O5/c1-34-25(32)21-7-3-5-19(9-21)12-28-14-23-11-24(31)15-30(23)27(16-28)17-29(18-27)13-20-6-4-8-22(10-20)26(33)35-2/h3-10,23-24,31H,11-18H2,1-2H3/t23-,24+/m0/s1. The number of benzene rings is 2. The third kappa shape index (κ3) is 4.84. The number of ether oxygens (including phenoxy) is 2. The average Bonchev–Trinajstić information content (AvgIpc) is 3.23. The van der Waals surface area contributed by atoms with E-state index in [9.17, 15) is 14.7 Å². The fraction of sp³-hybridized carbons (Fsp3) is 0.481. The van der Waals surface area contributed by atoms with Crippen molar-refractivity contribution in [2.75, 3.05) is 46.9 Å². The van der Waals surface area contributed by atoms with Gasteiger partial charge in [-0.05, 0) is 41.8 Å². The molecule has 2 atom stereocenters. The maximum Gasteiger partial charge on any atom is 0.337 e. The van der Waals surface area contributed by atoms with Crippen molar-refractivity contribution >= 4 is 11.9 Å². The SMILES string of the molecule is COC(=O)c1cccc(CN2C[C@@H]3C[C@@H](O)CN3C3(C2)CN(Cc2cccc(C(=O)OC)c2)C3)c1. The predicted molar refractivity (Wildman–Crippen MR) is 130 cm³/mol. The Balaban J connectivity index is 1.28. The first-order valence-corrected chi connectivity index (χ1v) is 12.1. The van der Waals surface area contributed by atoms with Gasteiger partial charge in [0, 0.05) is 51.9 Å². The molecule has 0 aromatic heterocycles. The monoisotopic (exact) mass is 479 g/mol. The summed E-state index contributed by atoms with van der Waals surface area (Å²) in [6.45, 7) is 5.90. The van der Waals surface area contributed by atoms with Gasteiger partial charge < -0.3 is 14.6 Å². The van der Waals surface area contributed by atoms with Gasteiger partial charge in [-0.1, -0.05) is 24.3 Å². The fourth-order valence-electron chi connectivity index (χ4n) is 6.16. The molecule has 1 N–H and O–H groups in total. The molecule has 1 spiro atoms. The molecule has 3 fully saturated rings. The number of piperazine rings is 1. The molecule has 2 aromatic rings. The number of β-amino-alcohol motifs (C(OH)–C–C–N with tert-alkyl or cyclic N) is 1. The average molecular weight is 480 g/mol. The second-order valence-electron chi connectivity index (χ2n) is 10.1. The van der Waals surface area contributed by atoms with Crippen LogP contribution < -0.4 is 0 Å². The number of esters is 2. The Kier molecular flexibility index (Phi) is 6.63. The molecule has 186 valence electrons. The van der Waals surface area contributed by atoms with Gasteiger partial charge in [0.25, 0.3) is 0 Å². The molecule has 5 rings (SSSR count). The summed E-state index contributed by atoms with van der Waals surface area (Å²) in [5, 5.41) is 10.5. The number of nitrogens with zero attached hydrogens (tertiary/aromatic N) is 3. The normalized spacial score (nSPS) is 24.1. The van der Waals surface area contributed by atoms with E-state index >= 15 is 0 Å². The maximum absolute atomic E-state index is 12.0. The lowest BCUT2D eigenvalue weighted by Crippen LogP contribution is -2.77. The Morgan fingerprint density at radius 2 is 1.43 bits per heavy atom. The number of hydrogen-bond acceptors (Lipinski definition) is 8. The van der Waals surface area contributed by atoms with E-state index in [-0.39, 0.29) is 23.6 Å². The van der Waals surface area contributed by atoms with Crippen molar-refractivity contribution in [3.05, 3.63) is 70.8 Å². The van der Waals surface area contributed by atoms with Crippen LogP contribution in [0.4, 0.5) is 0 Å². The minimum atomic E-state index is -0.321. The van der Waals surface area contributed by atoms with Crippen molar-refractivity contribution in [2.24, 2.45) is 0 Å². The van der Waals surface area contributed by atoms with Crippen LogP contribution >= 0.6 is 0 Å². The molecule has 3 aliphatic rings. The van der Waals surface area contributed by atoms with Gasteiger partial charge in [-0.2, -0.15) is 0 Å². The van der Waals surface area contributed by atoms with Crippen LogP contribution in [-0.2, 0) is 22.6 Å². The molecule has 0 amide bonds. The lowest BCUT2D eigenvalue weighted by atomic mass is 9.83. The highest BCUT2D eigenvalue weighted by Gasteiger charge is 2.55. The summed E-state index contributed by atoms with van der Waals surface area (Å²) in [7, 11) is 2.80. The van der Waals surface area contributed by atoms with E-state index in [1.807, 2.05) is 30.3 Å². The number of methoxy groups -OCH3 is 2. The van der Waals surface area contributed by atoms with Crippen molar-refractivity contribution in [1.82, 2.24) is 14.7 Å². The molecule has 3 aliphatic heterocycles. The van der Waals surface area contributed by atoms with E-state index in [1.54, 1.807) is 12.1 Å². The van der Waals surface area contributed by atoms with Gasteiger partial charge >= 0.3 is 11.9 Å². The van der Waals surface area contributed by atoms with Crippen LogP contribution in [0.3, 0.4) is 0 Å². The molecule has 35 heavy (non-hydrogen) atoms. The Morgan fingerprint density at radius 1 is 0.886 bits per heavy atom. The van der Waals surface area contributed by atoms with Crippen molar-refractivity contribution in [2.45, 2.75) is 37.2 Å². The molecular formula is C27H33N3O5. The predicted octanol–water partition coefficient (Wildman–Crippen LogP) is 1.77. The molecular weight excluding hydrogens is 446 g/mol. The van der Waals surface area contributed by atoms with Crippen LogP contribution in [0.1, 0.15) is 38.3 Å². The number of aliphatic hydroxyl groups is 1. The van der Waals surface area contributed by atoms with Gasteiger partial charge in [-0.25, -0.2) is 9.59 Å². The van der Waals surface area contributed by atoms with E-state index in [2.05, 4.69) is 20.8 Å². The molecule has 0 saturated carbocycles. The highest BCUT2D eigenvalue weighted by atomic mass is 16.5. The highest BCUT2D eigenvalue weighted by molar-refractivity contribution is 5.89. The number of carbonyl (C=O) groups is 2. The van der Waals surface area contributed by atoms with Gasteiger partial charge in [0.15, 0.2) is 0 Å². The van der Waals surface area contributed by atoms with Crippen LogP contribution in [0.15, 0.2) is 48.5 Å². The van der Waals surface area contributed by atoms with Crippen LogP contribution in [0.2, 0.25) is 0 Å². The van der Waals surface area contributed by atoms with Crippen LogP contribution in [0.5, 0.6) is 0 Å². The molecule has 3 heterocycles. The molecule has 0 bridgehead atoms. The Morgan fingerprint density at radius 3 is 2.00 bits per heavy atom. The van der Waals surface area contributed by atoms with E-state index in [0.717, 1.165) is 63.4 Å². The summed E-state index contributed by atoms with van der Waals surface area (Å²) in [5.74, 6) is -0.641. The van der Waals surface area contributed by atoms with Crippen molar-refractivity contribution in [3.8, 4) is 0 Å². The summed E-state index contributed by atoms with van der Waals surface area (Å²) in [6, 6.07) is 15.6. The Labute approximate surface area is 206 Å². The molecule has 0 aliphatic carbocycles. The van der Waals surface area contributed by atoms with Gasteiger partial charge in [0.05, 0.1) is 37.0 Å². The lowest BCUT2D eigenvalue weighted by Gasteiger charge is -2.61. The number of fused-ring (bicyclic) bond motifs is 2. The van der Waals surface area contributed by atoms with Crippen LogP contribution in [0, 0.1) is 0 Å². The van der Waals surface area contributed by atoms with E-state index in [0.29, 0.717) is 17.2 Å². The second-order valence-corrected chi connectivity index (χ2v) is 10.1. The minimum absolute atomic E-state index is 0.000313. The zero-order valence-corrected chi connectivity index (χ0v) is 20.4. The summed E-state index contributed by atoms with van der Waals surface area (Å²) >= 11 is 0. The van der Waals surface area contributed by atoms with Gasteiger partial charge in [0.2, 0.25) is 0 Å². The molecule has 0 radical (unpaired) electrons. The number of likely N-dealkylation sites (tertiary alicyclic amines) is 1. The summed E-state index contributed by atoms with van der Waals surface area (Å²) in [5.41, 5.74) is 3.32.